The largest absolute Gasteiger partial charge is 0.339 e. The molecule has 0 bridgehead atoms. The molecular weight excluding hydrogens is 392 g/mol. The molecular formula is C19H26N6O3S. The highest BCUT2D eigenvalue weighted by Crippen LogP contribution is 2.37. The monoisotopic (exact) mass is 418 g/mol. The van der Waals surface area contributed by atoms with Gasteiger partial charge in [-0.05, 0) is 25.7 Å². The maximum Gasteiger partial charge on any atom is 0.262 e. The van der Waals surface area contributed by atoms with Crippen LogP contribution in [0, 0.1) is 12.8 Å². The lowest BCUT2D eigenvalue weighted by Gasteiger charge is -2.24. The highest BCUT2D eigenvalue weighted by Gasteiger charge is 2.40. The van der Waals surface area contributed by atoms with E-state index in [4.69, 9.17) is 4.98 Å². The van der Waals surface area contributed by atoms with Crippen LogP contribution in [0.15, 0.2) is 17.6 Å². The number of carbonyl (C=O) groups excluding carboxylic acids is 1. The van der Waals surface area contributed by atoms with Crippen molar-refractivity contribution in [3.8, 4) is 0 Å². The Bertz CT molecular complexity index is 1060. The second kappa shape index (κ2) is 7.17. The number of fused-ring (bicyclic) bond motifs is 1. The Labute approximate surface area is 170 Å². The van der Waals surface area contributed by atoms with Crippen molar-refractivity contribution in [2.75, 3.05) is 18.0 Å². The van der Waals surface area contributed by atoms with Crippen LogP contribution in [0.5, 0.6) is 0 Å². The van der Waals surface area contributed by atoms with E-state index < -0.39 is 16.1 Å². The summed E-state index contributed by atoms with van der Waals surface area (Å²) in [5.41, 5.74) is 1.59. The first-order valence-electron chi connectivity index (χ1n) is 9.86. The molecule has 1 amide bonds. The van der Waals surface area contributed by atoms with Crippen molar-refractivity contribution in [3.63, 3.8) is 0 Å². The minimum atomic E-state index is -3.74. The third-order valence-electron chi connectivity index (χ3n) is 5.40. The molecule has 0 spiro atoms. The summed E-state index contributed by atoms with van der Waals surface area (Å²) < 4.78 is 29.3. The molecule has 4 heterocycles. The molecule has 0 radical (unpaired) electrons. The zero-order valence-corrected chi connectivity index (χ0v) is 18.0. The molecule has 9 nitrogen and oxygen atoms in total. The van der Waals surface area contributed by atoms with E-state index in [9.17, 15) is 13.2 Å². The van der Waals surface area contributed by atoms with Gasteiger partial charge in [0.25, 0.3) is 10.0 Å². The van der Waals surface area contributed by atoms with E-state index in [1.165, 1.54) is 16.8 Å². The third kappa shape index (κ3) is 3.44. The molecule has 1 atom stereocenters. The van der Waals surface area contributed by atoms with Crippen LogP contribution in [0.1, 0.15) is 49.8 Å². The Balaban J connectivity index is 1.72. The van der Waals surface area contributed by atoms with E-state index in [-0.39, 0.29) is 10.9 Å². The maximum absolute atomic E-state index is 13.1. The van der Waals surface area contributed by atoms with E-state index in [0.717, 1.165) is 17.7 Å². The summed E-state index contributed by atoms with van der Waals surface area (Å²) in [5.74, 6) is 1.42. The summed E-state index contributed by atoms with van der Waals surface area (Å²) in [6, 6.07) is -0.456. The summed E-state index contributed by atoms with van der Waals surface area (Å²) in [4.78, 5) is 27.6. The highest BCUT2D eigenvalue weighted by atomic mass is 32.2. The minimum Gasteiger partial charge on any atom is -0.339 e. The second-order valence-corrected chi connectivity index (χ2v) is 10.0. The van der Waals surface area contributed by atoms with Gasteiger partial charge in [-0.25, -0.2) is 23.4 Å². The van der Waals surface area contributed by atoms with Gasteiger partial charge >= 0.3 is 0 Å². The molecule has 1 saturated heterocycles. The highest BCUT2D eigenvalue weighted by molar-refractivity contribution is 7.89. The number of nitrogens with zero attached hydrogens (tertiary/aromatic N) is 6. The Morgan fingerprint density at radius 3 is 2.69 bits per heavy atom. The van der Waals surface area contributed by atoms with Crippen molar-refractivity contribution in [3.05, 3.63) is 29.6 Å². The molecule has 0 N–H and O–H groups in total. The SMILES string of the molecule is Cc1nc(C2CCCN2S(=O)(=O)c2cn(C)cn2)nc2c1CC(=O)N2CC(C)C. The fourth-order valence-electron chi connectivity index (χ4n) is 4.03. The normalized spacial score (nSPS) is 20.1. The fourth-order valence-corrected chi connectivity index (χ4v) is 5.65. The van der Waals surface area contributed by atoms with E-state index in [2.05, 4.69) is 23.8 Å². The zero-order valence-electron chi connectivity index (χ0n) is 17.2. The Morgan fingerprint density at radius 1 is 1.28 bits per heavy atom. The van der Waals surface area contributed by atoms with Gasteiger partial charge in [0.2, 0.25) is 5.91 Å². The molecule has 29 heavy (non-hydrogen) atoms. The Hall–Kier alpha value is -2.33. The second-order valence-electron chi connectivity index (χ2n) is 8.20. The molecule has 10 heteroatoms. The van der Waals surface area contributed by atoms with E-state index >= 15 is 0 Å². The average Bonchev–Trinajstić information content (AvgIpc) is 3.35. The standard InChI is InChI=1S/C19H26N6O3S/c1-12(2)9-24-17(26)8-14-13(3)21-18(22-19(14)24)15-6-5-7-25(15)29(27,28)16-10-23(4)11-20-16/h10-12,15H,5-9H2,1-4H3. The van der Waals surface area contributed by atoms with Crippen molar-refractivity contribution in [2.45, 2.75) is 51.1 Å². The van der Waals surface area contributed by atoms with Gasteiger partial charge in [-0.3, -0.25) is 9.69 Å². The first kappa shape index (κ1) is 20.0. The van der Waals surface area contributed by atoms with E-state index in [1.54, 1.807) is 16.5 Å². The van der Waals surface area contributed by atoms with Gasteiger partial charge in [-0.15, -0.1) is 0 Å². The molecule has 0 aromatic carbocycles. The molecule has 4 rings (SSSR count). The Morgan fingerprint density at radius 2 is 2.03 bits per heavy atom. The van der Waals surface area contributed by atoms with Gasteiger partial charge in [0.15, 0.2) is 5.03 Å². The molecule has 156 valence electrons. The van der Waals surface area contributed by atoms with Gasteiger partial charge in [0.05, 0.1) is 18.8 Å². The third-order valence-corrected chi connectivity index (χ3v) is 7.19. The molecule has 2 aromatic heterocycles. The fraction of sp³-hybridized carbons (Fsp3) is 0.579. The maximum atomic E-state index is 13.1. The first-order chi connectivity index (χ1) is 13.7. The van der Waals surface area contributed by atoms with Crippen molar-refractivity contribution in [1.82, 2.24) is 23.8 Å². The van der Waals surface area contributed by atoms with E-state index in [1.807, 2.05) is 6.92 Å². The van der Waals surface area contributed by atoms with Gasteiger partial charge in [-0.2, -0.15) is 4.31 Å². The predicted octanol–water partition coefficient (Wildman–Crippen LogP) is 1.59. The summed E-state index contributed by atoms with van der Waals surface area (Å²) in [7, 11) is -2.01. The van der Waals surface area contributed by atoms with Crippen LogP contribution in [0.2, 0.25) is 0 Å². The molecule has 2 aliphatic rings. The van der Waals surface area contributed by atoms with Crippen molar-refractivity contribution in [1.29, 1.82) is 0 Å². The summed E-state index contributed by atoms with van der Waals surface area (Å²) in [6.45, 7) is 6.96. The first-order valence-corrected chi connectivity index (χ1v) is 11.3. The van der Waals surface area contributed by atoms with Crippen LogP contribution in [-0.2, 0) is 28.3 Å². The van der Waals surface area contributed by atoms with Gasteiger partial charge in [0, 0.05) is 37.6 Å². The number of anilines is 1. The number of imidazole rings is 1. The smallest absolute Gasteiger partial charge is 0.262 e. The average molecular weight is 419 g/mol. The van der Waals surface area contributed by atoms with Crippen molar-refractivity contribution >= 4 is 21.7 Å². The van der Waals surface area contributed by atoms with Gasteiger partial charge in [0.1, 0.15) is 11.6 Å². The molecule has 1 fully saturated rings. The molecule has 2 aromatic rings. The number of aromatic nitrogens is 4. The lowest BCUT2D eigenvalue weighted by Crippen LogP contribution is -2.33. The van der Waals surface area contributed by atoms with Crippen LogP contribution in [0.3, 0.4) is 0 Å². The lowest BCUT2D eigenvalue weighted by atomic mass is 10.1. The number of hydrogen-bond acceptors (Lipinski definition) is 6. The number of hydrogen-bond donors (Lipinski definition) is 0. The topological polar surface area (TPSA) is 101 Å². The molecule has 0 saturated carbocycles. The summed E-state index contributed by atoms with van der Waals surface area (Å²) in [6.07, 6.45) is 4.65. The van der Waals surface area contributed by atoms with E-state index in [0.29, 0.717) is 43.5 Å². The number of rotatable bonds is 5. The minimum absolute atomic E-state index is 0.0210. The number of sulfonamides is 1. The van der Waals surface area contributed by atoms with Crippen LogP contribution in [0.25, 0.3) is 0 Å². The summed E-state index contributed by atoms with van der Waals surface area (Å²) >= 11 is 0. The summed E-state index contributed by atoms with van der Waals surface area (Å²) in [5, 5.41) is 0.0291. The van der Waals surface area contributed by atoms with Crippen molar-refractivity contribution in [2.24, 2.45) is 13.0 Å². The number of amides is 1. The van der Waals surface area contributed by atoms with Gasteiger partial charge < -0.3 is 4.57 Å². The molecule has 2 aliphatic heterocycles. The van der Waals surface area contributed by atoms with Crippen LogP contribution in [0.4, 0.5) is 5.82 Å². The number of carbonyl (C=O) groups is 1. The number of aryl methyl sites for hydroxylation is 2. The van der Waals surface area contributed by atoms with Gasteiger partial charge in [-0.1, -0.05) is 13.8 Å². The van der Waals surface area contributed by atoms with Crippen molar-refractivity contribution < 1.29 is 13.2 Å². The predicted molar refractivity (Wildman–Crippen MR) is 107 cm³/mol. The zero-order chi connectivity index (χ0) is 20.9. The molecule has 1 unspecified atom stereocenters. The quantitative estimate of drug-likeness (QED) is 0.731. The van der Waals surface area contributed by atoms with Crippen LogP contribution < -0.4 is 4.90 Å². The Kier molecular flexibility index (Phi) is 4.94. The van der Waals surface area contributed by atoms with Crippen LogP contribution >= 0.6 is 0 Å². The lowest BCUT2D eigenvalue weighted by molar-refractivity contribution is -0.117. The van der Waals surface area contributed by atoms with Crippen LogP contribution in [-0.4, -0.2) is 51.2 Å². The molecule has 0 aliphatic carbocycles.